The average Bonchev–Trinajstić information content (AvgIpc) is 2.55. The van der Waals surface area contributed by atoms with E-state index in [4.69, 9.17) is 4.74 Å². The molecule has 0 radical (unpaired) electrons. The summed E-state index contributed by atoms with van der Waals surface area (Å²) in [6.45, 7) is 0.437. The van der Waals surface area contributed by atoms with E-state index in [1.165, 1.54) is 30.4 Å². The molecule has 1 aliphatic carbocycles. The number of ether oxygens (including phenoxy) is 1. The molecule has 2 aromatic carbocycles. The Labute approximate surface area is 125 Å². The lowest BCUT2D eigenvalue weighted by Crippen LogP contribution is -2.08. The maximum atomic E-state index is 12.0. The summed E-state index contributed by atoms with van der Waals surface area (Å²) in [5, 5.41) is 0. The summed E-state index contributed by atoms with van der Waals surface area (Å²) in [4.78, 5) is 12.0. The number of hydrogen-bond donors (Lipinski definition) is 0. The van der Waals surface area contributed by atoms with Crippen LogP contribution >= 0.6 is 0 Å². The number of fused-ring (bicyclic) bond motifs is 1. The minimum absolute atomic E-state index is 0.133. The number of aryl methyl sites for hydroxylation is 2. The summed E-state index contributed by atoms with van der Waals surface area (Å²) >= 11 is 0. The van der Waals surface area contributed by atoms with Gasteiger partial charge in [-0.1, -0.05) is 36.4 Å². The molecule has 0 aromatic heterocycles. The molecule has 0 spiro atoms. The molecule has 0 bridgehead atoms. The van der Waals surface area contributed by atoms with Crippen LogP contribution in [0.1, 0.15) is 40.7 Å². The van der Waals surface area contributed by atoms with Gasteiger partial charge in [0.25, 0.3) is 0 Å². The Morgan fingerprint density at radius 1 is 0.952 bits per heavy atom. The molecule has 2 nitrogen and oxygen atoms in total. The Morgan fingerprint density at radius 3 is 2.52 bits per heavy atom. The van der Waals surface area contributed by atoms with E-state index in [0.29, 0.717) is 13.0 Å². The fourth-order valence-corrected chi connectivity index (χ4v) is 2.83. The van der Waals surface area contributed by atoms with Gasteiger partial charge in [-0.3, -0.25) is 4.79 Å². The van der Waals surface area contributed by atoms with E-state index in [0.717, 1.165) is 17.7 Å². The van der Waals surface area contributed by atoms with Gasteiger partial charge in [-0.25, -0.2) is 0 Å². The fourth-order valence-electron chi connectivity index (χ4n) is 2.83. The number of ketones is 1. The van der Waals surface area contributed by atoms with Gasteiger partial charge in [0, 0.05) is 12.0 Å². The van der Waals surface area contributed by atoms with E-state index >= 15 is 0 Å². The zero-order valence-corrected chi connectivity index (χ0v) is 12.2. The molecule has 1 aliphatic rings. The minimum atomic E-state index is 0.133. The van der Waals surface area contributed by atoms with Gasteiger partial charge in [0.05, 0.1) is 6.61 Å². The van der Waals surface area contributed by atoms with E-state index in [-0.39, 0.29) is 5.78 Å². The number of hydrogen-bond acceptors (Lipinski definition) is 2. The van der Waals surface area contributed by atoms with Crippen LogP contribution in [0.5, 0.6) is 5.75 Å². The molecule has 0 amide bonds. The van der Waals surface area contributed by atoms with Crippen molar-refractivity contribution in [3.8, 4) is 5.75 Å². The molecular weight excluding hydrogens is 260 g/mol. The highest BCUT2D eigenvalue weighted by Gasteiger charge is 2.10. The van der Waals surface area contributed by atoms with Gasteiger partial charge < -0.3 is 4.74 Å². The normalized spacial score (nSPS) is 13.5. The number of carbonyl (C=O) groups is 1. The molecule has 0 saturated carbocycles. The van der Waals surface area contributed by atoms with Crippen molar-refractivity contribution in [2.24, 2.45) is 0 Å². The summed E-state index contributed by atoms with van der Waals surface area (Å²) in [7, 11) is 0. The van der Waals surface area contributed by atoms with Crippen LogP contribution in [0.4, 0.5) is 0 Å². The molecule has 108 valence electrons. The van der Waals surface area contributed by atoms with Crippen LogP contribution in [0.15, 0.2) is 48.5 Å². The van der Waals surface area contributed by atoms with Crippen LogP contribution in [0.2, 0.25) is 0 Å². The standard InChI is InChI=1S/C19H20O2/c20-19(16-7-2-1-3-8-16)12-13-21-18-11-10-15-6-4-5-9-17(15)14-18/h1-3,7-8,10-11,14H,4-6,9,12-13H2. The van der Waals surface area contributed by atoms with Crippen LogP contribution in [0, 0.1) is 0 Å². The van der Waals surface area contributed by atoms with Gasteiger partial charge in [-0.15, -0.1) is 0 Å². The van der Waals surface area contributed by atoms with E-state index in [1.54, 1.807) is 0 Å². The van der Waals surface area contributed by atoms with Gasteiger partial charge >= 0.3 is 0 Å². The third-order valence-corrected chi connectivity index (χ3v) is 4.01. The van der Waals surface area contributed by atoms with E-state index in [2.05, 4.69) is 12.1 Å². The highest BCUT2D eigenvalue weighted by atomic mass is 16.5. The number of benzene rings is 2. The SMILES string of the molecule is O=C(CCOc1ccc2c(c1)CCCC2)c1ccccc1. The molecule has 21 heavy (non-hydrogen) atoms. The van der Waals surface area contributed by atoms with E-state index in [1.807, 2.05) is 36.4 Å². The molecule has 0 heterocycles. The Kier molecular flexibility index (Phi) is 4.34. The highest BCUT2D eigenvalue weighted by Crippen LogP contribution is 2.25. The van der Waals surface area contributed by atoms with Crippen LogP contribution in [-0.4, -0.2) is 12.4 Å². The quantitative estimate of drug-likeness (QED) is 0.767. The number of rotatable bonds is 5. The third kappa shape index (κ3) is 3.52. The van der Waals surface area contributed by atoms with Crippen molar-refractivity contribution in [2.45, 2.75) is 32.1 Å². The Hall–Kier alpha value is -2.09. The second kappa shape index (κ2) is 6.57. The van der Waals surface area contributed by atoms with Crippen LogP contribution in [0.25, 0.3) is 0 Å². The molecule has 0 N–H and O–H groups in total. The Balaban J connectivity index is 1.55. The smallest absolute Gasteiger partial charge is 0.166 e. The van der Waals surface area contributed by atoms with Crippen LogP contribution in [-0.2, 0) is 12.8 Å². The monoisotopic (exact) mass is 280 g/mol. The van der Waals surface area contributed by atoms with Gasteiger partial charge in [-0.05, 0) is 48.9 Å². The van der Waals surface area contributed by atoms with Crippen molar-refractivity contribution < 1.29 is 9.53 Å². The van der Waals surface area contributed by atoms with Crippen molar-refractivity contribution in [3.05, 3.63) is 65.2 Å². The fraction of sp³-hybridized carbons (Fsp3) is 0.316. The van der Waals surface area contributed by atoms with E-state index < -0.39 is 0 Å². The summed E-state index contributed by atoms with van der Waals surface area (Å²) in [6, 6.07) is 15.7. The second-order valence-corrected chi connectivity index (χ2v) is 5.53. The summed E-state index contributed by atoms with van der Waals surface area (Å²) < 4.78 is 5.74. The molecule has 0 unspecified atom stereocenters. The molecule has 0 fully saturated rings. The first-order chi connectivity index (χ1) is 10.3. The van der Waals surface area contributed by atoms with Crippen LogP contribution < -0.4 is 4.74 Å². The summed E-state index contributed by atoms with van der Waals surface area (Å²) in [6.07, 6.45) is 5.31. The lowest BCUT2D eigenvalue weighted by molar-refractivity contribution is 0.0962. The molecule has 0 aliphatic heterocycles. The van der Waals surface area contributed by atoms with Crippen LogP contribution in [0.3, 0.4) is 0 Å². The number of Topliss-reactive ketones (excluding diaryl/α,β-unsaturated/α-hetero) is 1. The number of carbonyl (C=O) groups excluding carboxylic acids is 1. The predicted octanol–water partition coefficient (Wildman–Crippen LogP) is 4.22. The first-order valence-corrected chi connectivity index (χ1v) is 7.66. The topological polar surface area (TPSA) is 26.3 Å². The minimum Gasteiger partial charge on any atom is -0.493 e. The molecule has 0 atom stereocenters. The average molecular weight is 280 g/mol. The van der Waals surface area contributed by atoms with E-state index in [9.17, 15) is 4.79 Å². The summed E-state index contributed by atoms with van der Waals surface area (Å²) in [5.74, 6) is 1.02. The zero-order valence-electron chi connectivity index (χ0n) is 12.2. The van der Waals surface area contributed by atoms with Crippen molar-refractivity contribution in [1.82, 2.24) is 0 Å². The van der Waals surface area contributed by atoms with Gasteiger partial charge in [-0.2, -0.15) is 0 Å². The van der Waals surface area contributed by atoms with Crippen molar-refractivity contribution >= 4 is 5.78 Å². The predicted molar refractivity (Wildman–Crippen MR) is 84.0 cm³/mol. The van der Waals surface area contributed by atoms with Crippen molar-refractivity contribution in [3.63, 3.8) is 0 Å². The van der Waals surface area contributed by atoms with Gasteiger partial charge in [0.1, 0.15) is 5.75 Å². The molecule has 0 saturated heterocycles. The first kappa shape index (κ1) is 13.9. The largest absolute Gasteiger partial charge is 0.493 e. The first-order valence-electron chi connectivity index (χ1n) is 7.66. The lowest BCUT2D eigenvalue weighted by Gasteiger charge is -2.16. The van der Waals surface area contributed by atoms with Gasteiger partial charge in [0.15, 0.2) is 5.78 Å². The van der Waals surface area contributed by atoms with Crippen molar-refractivity contribution in [1.29, 1.82) is 0 Å². The molecule has 2 heteroatoms. The highest BCUT2D eigenvalue weighted by molar-refractivity contribution is 5.96. The summed E-state index contributed by atoms with van der Waals surface area (Å²) in [5.41, 5.74) is 3.62. The lowest BCUT2D eigenvalue weighted by atomic mass is 9.92. The maximum Gasteiger partial charge on any atom is 0.166 e. The molecule has 3 rings (SSSR count). The molecule has 2 aromatic rings. The Morgan fingerprint density at radius 2 is 1.71 bits per heavy atom. The van der Waals surface area contributed by atoms with Gasteiger partial charge in [0.2, 0.25) is 0 Å². The molecular formula is C19H20O2. The third-order valence-electron chi connectivity index (χ3n) is 4.01. The Bertz CT molecular complexity index is 617. The van der Waals surface area contributed by atoms with Crippen molar-refractivity contribution in [2.75, 3.05) is 6.61 Å². The maximum absolute atomic E-state index is 12.0. The second-order valence-electron chi connectivity index (χ2n) is 5.53. The zero-order chi connectivity index (χ0) is 14.5.